The second-order valence-corrected chi connectivity index (χ2v) is 7.34. The Hall–Kier alpha value is -4.19. The third-order valence-electron chi connectivity index (χ3n) is 5.31. The van der Waals surface area contributed by atoms with Crippen molar-refractivity contribution in [2.75, 3.05) is 26.6 Å². The molecule has 0 fully saturated rings. The first-order chi connectivity index (χ1) is 16.1. The molecule has 0 bridgehead atoms. The molecule has 0 saturated heterocycles. The van der Waals surface area contributed by atoms with Crippen LogP contribution in [0.25, 0.3) is 10.8 Å². The van der Waals surface area contributed by atoms with Gasteiger partial charge < -0.3 is 24.3 Å². The molecular formula is C27H25NO5. The first kappa shape index (κ1) is 22.0. The summed E-state index contributed by atoms with van der Waals surface area (Å²) >= 11 is 0. The van der Waals surface area contributed by atoms with E-state index in [4.69, 9.17) is 18.9 Å². The number of benzene rings is 4. The standard InChI is InChI=1S/C27H25NO5/c1-30-22-11-13-26(32-3)24(16-22)28-27(29)20-9-12-25(31-2)21(14-20)17-33-23-10-8-18-6-4-5-7-19(18)15-23/h4-16H,17H2,1-3H3,(H,28,29). The predicted octanol–water partition coefficient (Wildman–Crippen LogP) is 5.70. The van der Waals surface area contributed by atoms with E-state index in [1.54, 1.807) is 57.7 Å². The van der Waals surface area contributed by atoms with E-state index in [2.05, 4.69) is 11.4 Å². The molecule has 0 heterocycles. The number of nitrogens with one attached hydrogen (secondary N) is 1. The van der Waals surface area contributed by atoms with E-state index in [-0.39, 0.29) is 12.5 Å². The van der Waals surface area contributed by atoms with Crippen LogP contribution < -0.4 is 24.3 Å². The number of amides is 1. The number of methoxy groups -OCH3 is 3. The molecular weight excluding hydrogens is 418 g/mol. The summed E-state index contributed by atoms with van der Waals surface area (Å²) in [6.45, 7) is 0.255. The van der Waals surface area contributed by atoms with Crippen molar-refractivity contribution in [2.24, 2.45) is 0 Å². The van der Waals surface area contributed by atoms with Crippen LogP contribution >= 0.6 is 0 Å². The van der Waals surface area contributed by atoms with Gasteiger partial charge in [0, 0.05) is 17.2 Å². The number of carbonyl (C=O) groups excluding carboxylic acids is 1. The van der Waals surface area contributed by atoms with Gasteiger partial charge in [-0.1, -0.05) is 30.3 Å². The second kappa shape index (κ2) is 9.96. The van der Waals surface area contributed by atoms with Crippen molar-refractivity contribution >= 4 is 22.4 Å². The van der Waals surface area contributed by atoms with E-state index in [9.17, 15) is 4.79 Å². The van der Waals surface area contributed by atoms with Gasteiger partial charge in [-0.15, -0.1) is 0 Å². The van der Waals surface area contributed by atoms with E-state index in [1.165, 1.54) is 0 Å². The van der Waals surface area contributed by atoms with Gasteiger partial charge in [-0.25, -0.2) is 0 Å². The zero-order valence-electron chi connectivity index (χ0n) is 18.8. The van der Waals surface area contributed by atoms with Crippen LogP contribution in [-0.2, 0) is 6.61 Å². The summed E-state index contributed by atoms with van der Waals surface area (Å²) in [5.41, 5.74) is 1.75. The van der Waals surface area contributed by atoms with Crippen molar-refractivity contribution in [1.82, 2.24) is 0 Å². The monoisotopic (exact) mass is 443 g/mol. The molecule has 0 aromatic heterocycles. The molecule has 0 saturated carbocycles. The first-order valence-corrected chi connectivity index (χ1v) is 10.4. The minimum absolute atomic E-state index is 0.255. The Kier molecular flexibility index (Phi) is 6.64. The summed E-state index contributed by atoms with van der Waals surface area (Å²) in [5.74, 6) is 2.26. The van der Waals surface area contributed by atoms with Gasteiger partial charge in [0.15, 0.2) is 0 Å². The lowest BCUT2D eigenvalue weighted by atomic mass is 10.1. The third-order valence-corrected chi connectivity index (χ3v) is 5.31. The number of hydrogen-bond acceptors (Lipinski definition) is 5. The smallest absolute Gasteiger partial charge is 0.255 e. The van der Waals surface area contributed by atoms with Crippen LogP contribution in [-0.4, -0.2) is 27.2 Å². The maximum absolute atomic E-state index is 13.0. The highest BCUT2D eigenvalue weighted by Crippen LogP contribution is 2.30. The van der Waals surface area contributed by atoms with Crippen molar-refractivity contribution in [3.05, 3.63) is 90.0 Å². The lowest BCUT2D eigenvalue weighted by Crippen LogP contribution is -2.13. The van der Waals surface area contributed by atoms with Crippen LogP contribution in [0.15, 0.2) is 78.9 Å². The van der Waals surface area contributed by atoms with Gasteiger partial charge in [-0.05, 0) is 53.2 Å². The number of ether oxygens (including phenoxy) is 4. The number of anilines is 1. The normalized spacial score (nSPS) is 10.5. The molecule has 0 aliphatic rings. The highest BCUT2D eigenvalue weighted by molar-refractivity contribution is 6.05. The molecule has 6 heteroatoms. The Balaban J connectivity index is 1.54. The van der Waals surface area contributed by atoms with E-state index >= 15 is 0 Å². The van der Waals surface area contributed by atoms with Crippen molar-refractivity contribution in [1.29, 1.82) is 0 Å². The summed E-state index contributed by atoms with van der Waals surface area (Å²) in [6.07, 6.45) is 0. The summed E-state index contributed by atoms with van der Waals surface area (Å²) in [7, 11) is 4.71. The fourth-order valence-electron chi connectivity index (χ4n) is 3.56. The second-order valence-electron chi connectivity index (χ2n) is 7.34. The van der Waals surface area contributed by atoms with Gasteiger partial charge >= 0.3 is 0 Å². The average molecular weight is 443 g/mol. The lowest BCUT2D eigenvalue weighted by Gasteiger charge is -2.14. The molecule has 0 aliphatic heterocycles. The molecule has 4 aromatic rings. The fraction of sp³-hybridized carbons (Fsp3) is 0.148. The highest BCUT2D eigenvalue weighted by Gasteiger charge is 2.14. The average Bonchev–Trinajstić information content (AvgIpc) is 2.87. The molecule has 0 radical (unpaired) electrons. The van der Waals surface area contributed by atoms with Gasteiger partial charge in [0.25, 0.3) is 5.91 Å². The molecule has 1 N–H and O–H groups in total. The maximum Gasteiger partial charge on any atom is 0.255 e. The Morgan fingerprint density at radius 1 is 0.727 bits per heavy atom. The minimum Gasteiger partial charge on any atom is -0.497 e. The molecule has 0 spiro atoms. The van der Waals surface area contributed by atoms with E-state index in [1.807, 2.05) is 36.4 Å². The summed E-state index contributed by atoms with van der Waals surface area (Å²) < 4.78 is 22.1. The topological polar surface area (TPSA) is 66.0 Å². The quantitative estimate of drug-likeness (QED) is 0.379. The van der Waals surface area contributed by atoms with Gasteiger partial charge in [0.1, 0.15) is 29.6 Å². The van der Waals surface area contributed by atoms with Gasteiger partial charge in [-0.2, -0.15) is 0 Å². The van der Waals surface area contributed by atoms with Crippen molar-refractivity contribution in [2.45, 2.75) is 6.61 Å². The van der Waals surface area contributed by atoms with Crippen LogP contribution in [0.2, 0.25) is 0 Å². The first-order valence-electron chi connectivity index (χ1n) is 10.4. The zero-order valence-corrected chi connectivity index (χ0v) is 18.8. The van der Waals surface area contributed by atoms with Gasteiger partial charge in [0.2, 0.25) is 0 Å². The predicted molar refractivity (Wildman–Crippen MR) is 129 cm³/mol. The summed E-state index contributed by atoms with van der Waals surface area (Å²) in [4.78, 5) is 13.0. The van der Waals surface area contributed by atoms with E-state index in [0.29, 0.717) is 28.5 Å². The van der Waals surface area contributed by atoms with Crippen LogP contribution in [0, 0.1) is 0 Å². The van der Waals surface area contributed by atoms with Crippen molar-refractivity contribution < 1.29 is 23.7 Å². The Morgan fingerprint density at radius 3 is 2.21 bits per heavy atom. The van der Waals surface area contributed by atoms with Crippen molar-refractivity contribution in [3.8, 4) is 23.0 Å². The fourth-order valence-corrected chi connectivity index (χ4v) is 3.56. The van der Waals surface area contributed by atoms with Crippen LogP contribution in [0.4, 0.5) is 5.69 Å². The molecule has 0 atom stereocenters. The number of fused-ring (bicyclic) bond motifs is 1. The summed E-state index contributed by atoms with van der Waals surface area (Å²) in [5, 5.41) is 5.13. The lowest BCUT2D eigenvalue weighted by molar-refractivity contribution is 0.102. The minimum atomic E-state index is -0.281. The largest absolute Gasteiger partial charge is 0.497 e. The molecule has 0 aliphatic carbocycles. The van der Waals surface area contributed by atoms with E-state index < -0.39 is 0 Å². The number of carbonyl (C=O) groups is 1. The van der Waals surface area contributed by atoms with Crippen LogP contribution in [0.5, 0.6) is 23.0 Å². The molecule has 6 nitrogen and oxygen atoms in total. The van der Waals surface area contributed by atoms with Crippen LogP contribution in [0.3, 0.4) is 0 Å². The Labute approximate surface area is 192 Å². The molecule has 168 valence electrons. The molecule has 1 amide bonds. The maximum atomic E-state index is 13.0. The highest BCUT2D eigenvalue weighted by atomic mass is 16.5. The molecule has 33 heavy (non-hydrogen) atoms. The van der Waals surface area contributed by atoms with E-state index in [0.717, 1.165) is 22.1 Å². The van der Waals surface area contributed by atoms with Gasteiger partial charge in [-0.3, -0.25) is 4.79 Å². The van der Waals surface area contributed by atoms with Gasteiger partial charge in [0.05, 0.1) is 27.0 Å². The number of hydrogen-bond donors (Lipinski definition) is 1. The van der Waals surface area contributed by atoms with Crippen molar-refractivity contribution in [3.63, 3.8) is 0 Å². The molecule has 0 unspecified atom stereocenters. The Morgan fingerprint density at radius 2 is 1.45 bits per heavy atom. The summed E-state index contributed by atoms with van der Waals surface area (Å²) in [6, 6.07) is 24.5. The van der Waals surface area contributed by atoms with Crippen LogP contribution in [0.1, 0.15) is 15.9 Å². The zero-order chi connectivity index (χ0) is 23.2. The number of rotatable bonds is 8. The molecule has 4 rings (SSSR count). The molecule has 4 aromatic carbocycles. The Bertz CT molecular complexity index is 1280. The third kappa shape index (κ3) is 5.01. The SMILES string of the molecule is COc1ccc(OC)c(NC(=O)c2ccc(OC)c(COc3ccc4ccccc4c3)c2)c1.